The van der Waals surface area contributed by atoms with E-state index in [0.717, 1.165) is 11.1 Å². The molecule has 0 aliphatic rings. The maximum Gasteiger partial charge on any atom is 0.428 e. The van der Waals surface area contributed by atoms with Gasteiger partial charge in [-0.1, -0.05) is 84.0 Å². The second kappa shape index (κ2) is 11.1. The first kappa shape index (κ1) is 31.7. The van der Waals surface area contributed by atoms with Gasteiger partial charge >= 0.3 is 10.1 Å². The Balaban J connectivity index is 2.09. The summed E-state index contributed by atoms with van der Waals surface area (Å²) >= 11 is 0. The molecule has 42 heavy (non-hydrogen) atoms. The van der Waals surface area contributed by atoms with E-state index in [1.54, 1.807) is 54.6 Å². The highest BCUT2D eigenvalue weighted by molar-refractivity contribution is 8.32. The zero-order chi connectivity index (χ0) is 31.3. The number of hydrogen-bond donors (Lipinski definition) is 0. The van der Waals surface area contributed by atoms with Crippen LogP contribution in [-0.2, 0) is 20.9 Å². The summed E-state index contributed by atoms with van der Waals surface area (Å²) in [6.07, 6.45) is 0. The topological polar surface area (TPSA) is 46.9 Å². The van der Waals surface area contributed by atoms with Crippen molar-refractivity contribution in [1.29, 1.82) is 0 Å². The monoisotopic (exact) mass is 623 g/mol. The van der Waals surface area contributed by atoms with Crippen molar-refractivity contribution in [2.24, 2.45) is 0 Å². The fraction of sp³-hybridized carbons (Fsp3) is 0.250. The van der Waals surface area contributed by atoms with Gasteiger partial charge in [0.15, 0.2) is 23.3 Å². The Morgan fingerprint density at radius 2 is 0.833 bits per heavy atom. The molecule has 0 amide bonds. The molecule has 0 heterocycles. The first-order valence-corrected chi connectivity index (χ1v) is 16.0. The largest absolute Gasteiger partial charge is 0.428 e. The van der Waals surface area contributed by atoms with E-state index < -0.39 is 54.4 Å². The van der Waals surface area contributed by atoms with Crippen LogP contribution in [0.3, 0.4) is 0 Å². The predicted octanol–water partition coefficient (Wildman–Crippen LogP) is 9.66. The van der Waals surface area contributed by atoms with E-state index in [1.165, 1.54) is 0 Å². The lowest BCUT2D eigenvalue weighted by molar-refractivity contribution is 0.338. The van der Waals surface area contributed by atoms with Gasteiger partial charge in [-0.05, 0) is 58.4 Å². The SMILES string of the molecule is CC(C)(C)c1ccc(S([OH+]S(=O)(=O)c2c(F)c(F)c(F)c(F)c2F)(c2ccccc2)c2ccc(C(C)(C)C)cc2)cc1. The van der Waals surface area contributed by atoms with Gasteiger partial charge in [0, 0.05) is 0 Å². The standard InChI is InChI=1S/C32H31F5O3S2/c1-31(2,3)20-12-16-23(17-13-20)41(22-10-8-7-9-11-22,24-18-14-21(15-19-24)32(4,5)6)40-42(38,39)30-28(36)26(34)25(33)27(35)29(30)37/h7-19H,1-6H3/p+1. The van der Waals surface area contributed by atoms with E-state index in [1.807, 2.05) is 65.8 Å². The summed E-state index contributed by atoms with van der Waals surface area (Å²) in [6.45, 7) is 12.0. The minimum absolute atomic E-state index is 0.254. The lowest BCUT2D eigenvalue weighted by Gasteiger charge is -2.35. The molecule has 4 rings (SSSR count). The normalized spacial score (nSPS) is 13.3. The molecule has 4 aromatic carbocycles. The van der Waals surface area contributed by atoms with Gasteiger partial charge in [0.25, 0.3) is 0 Å². The Kier molecular flexibility index (Phi) is 8.41. The predicted molar refractivity (Wildman–Crippen MR) is 155 cm³/mol. The van der Waals surface area contributed by atoms with Gasteiger partial charge < -0.3 is 0 Å². The van der Waals surface area contributed by atoms with Crippen LogP contribution in [0.2, 0.25) is 0 Å². The van der Waals surface area contributed by atoms with Gasteiger partial charge in [-0.25, -0.2) is 22.0 Å². The van der Waals surface area contributed by atoms with Crippen LogP contribution in [0.4, 0.5) is 22.0 Å². The van der Waals surface area contributed by atoms with E-state index in [4.69, 9.17) is 0 Å². The van der Waals surface area contributed by atoms with Crippen molar-refractivity contribution >= 4 is 20.4 Å². The highest BCUT2D eigenvalue weighted by Crippen LogP contribution is 2.68. The Morgan fingerprint density at radius 1 is 0.500 bits per heavy atom. The van der Waals surface area contributed by atoms with Crippen LogP contribution in [0.5, 0.6) is 0 Å². The molecule has 10 heteroatoms. The van der Waals surface area contributed by atoms with Crippen molar-refractivity contribution in [2.45, 2.75) is 72.0 Å². The fourth-order valence-corrected chi connectivity index (χ4v) is 10.0. The van der Waals surface area contributed by atoms with Crippen LogP contribution in [0.15, 0.2) is 98.4 Å². The van der Waals surface area contributed by atoms with Crippen LogP contribution in [-0.4, -0.2) is 12.0 Å². The quantitative estimate of drug-likeness (QED) is 0.0706. The molecule has 3 nitrogen and oxygen atoms in total. The fourth-order valence-electron chi connectivity index (χ4n) is 4.45. The zero-order valence-corrected chi connectivity index (χ0v) is 25.6. The first-order valence-electron chi connectivity index (χ1n) is 13.0. The lowest BCUT2D eigenvalue weighted by atomic mass is 9.87. The molecule has 0 saturated heterocycles. The average molecular weight is 624 g/mol. The van der Waals surface area contributed by atoms with E-state index in [2.05, 4.69) is 3.63 Å². The second-order valence-electron chi connectivity index (χ2n) is 11.9. The van der Waals surface area contributed by atoms with E-state index in [9.17, 15) is 30.4 Å². The second-order valence-corrected chi connectivity index (χ2v) is 16.4. The summed E-state index contributed by atoms with van der Waals surface area (Å²) in [7, 11) is -8.76. The average Bonchev–Trinajstić information content (AvgIpc) is 2.93. The summed E-state index contributed by atoms with van der Waals surface area (Å²) < 4.78 is 104. The van der Waals surface area contributed by atoms with Crippen LogP contribution < -0.4 is 0 Å². The Labute approximate surface area is 245 Å². The van der Waals surface area contributed by atoms with Gasteiger partial charge in [0.05, 0.1) is 25.0 Å². The third kappa shape index (κ3) is 5.72. The number of benzene rings is 4. The Bertz CT molecular complexity index is 1620. The van der Waals surface area contributed by atoms with Gasteiger partial charge in [0.1, 0.15) is 0 Å². The molecule has 0 aliphatic carbocycles. The smallest absolute Gasteiger partial charge is 0.258 e. The van der Waals surface area contributed by atoms with Crippen molar-refractivity contribution < 1.29 is 34.0 Å². The molecule has 0 saturated carbocycles. The van der Waals surface area contributed by atoms with Gasteiger partial charge in [0.2, 0.25) is 10.7 Å². The highest BCUT2D eigenvalue weighted by Gasteiger charge is 2.47. The Hall–Kier alpha value is -3.21. The summed E-state index contributed by atoms with van der Waals surface area (Å²) in [5, 5.41) is 0. The van der Waals surface area contributed by atoms with Gasteiger partial charge in [-0.15, -0.1) is 8.42 Å². The van der Waals surface area contributed by atoms with Crippen LogP contribution >= 0.6 is 10.3 Å². The first-order chi connectivity index (χ1) is 19.4. The number of rotatable bonds is 6. The van der Waals surface area contributed by atoms with Crippen molar-refractivity contribution in [3.63, 3.8) is 0 Å². The summed E-state index contributed by atoms with van der Waals surface area (Å²) in [5.41, 5.74) is 1.35. The molecule has 0 radical (unpaired) electrons. The highest BCUT2D eigenvalue weighted by atomic mass is 32.3. The van der Waals surface area contributed by atoms with Gasteiger partial charge in [-0.3, -0.25) is 3.63 Å². The number of hydrogen-bond acceptors (Lipinski definition) is 2. The maximum absolute atomic E-state index is 14.9. The molecule has 1 N–H and O–H groups in total. The molecule has 0 spiro atoms. The van der Waals surface area contributed by atoms with Crippen molar-refractivity contribution in [3.8, 4) is 0 Å². The third-order valence-electron chi connectivity index (χ3n) is 6.84. The molecule has 0 bridgehead atoms. The molecule has 0 atom stereocenters. The summed E-state index contributed by atoms with van der Waals surface area (Å²) in [6, 6.07) is 22.3. The summed E-state index contributed by atoms with van der Waals surface area (Å²) in [5.74, 6) is -12.1. The van der Waals surface area contributed by atoms with Crippen molar-refractivity contribution in [3.05, 3.63) is 119 Å². The molecule has 0 unspecified atom stereocenters. The minimum Gasteiger partial charge on any atom is -0.258 e. The minimum atomic E-state index is -5.50. The molecule has 0 aromatic heterocycles. The molecular weight excluding hydrogens is 591 g/mol. The Morgan fingerprint density at radius 3 is 1.19 bits per heavy atom. The zero-order valence-electron chi connectivity index (χ0n) is 24.0. The summed E-state index contributed by atoms with van der Waals surface area (Å²) in [4.78, 5) is -0.843. The van der Waals surface area contributed by atoms with Crippen LogP contribution in [0.1, 0.15) is 52.7 Å². The molecule has 0 aliphatic heterocycles. The van der Waals surface area contributed by atoms with Crippen LogP contribution in [0, 0.1) is 29.1 Å². The van der Waals surface area contributed by atoms with E-state index in [-0.39, 0.29) is 10.8 Å². The molecular formula is C32H32F5O3S2+. The van der Waals surface area contributed by atoms with Crippen molar-refractivity contribution in [1.82, 2.24) is 0 Å². The van der Waals surface area contributed by atoms with Gasteiger partial charge in [-0.2, -0.15) is 0 Å². The molecule has 4 aromatic rings. The van der Waals surface area contributed by atoms with E-state index >= 15 is 0 Å². The maximum atomic E-state index is 14.9. The third-order valence-corrected chi connectivity index (χ3v) is 12.3. The van der Waals surface area contributed by atoms with E-state index in [0.29, 0.717) is 14.7 Å². The molecule has 224 valence electrons. The lowest BCUT2D eigenvalue weighted by Crippen LogP contribution is -2.22. The number of halogens is 5. The molecule has 0 fully saturated rings. The van der Waals surface area contributed by atoms with Crippen LogP contribution in [0.25, 0.3) is 0 Å². The van der Waals surface area contributed by atoms with Crippen molar-refractivity contribution in [2.75, 3.05) is 0 Å².